The third kappa shape index (κ3) is 8.68. The fourth-order valence-electron chi connectivity index (χ4n) is 11.0. The number of rotatable bonds is 10. The van der Waals surface area contributed by atoms with E-state index in [0.29, 0.717) is 22.3 Å². The lowest BCUT2D eigenvalue weighted by Crippen LogP contribution is -2.12. The molecule has 0 N–H and O–H groups in total. The molecule has 0 fully saturated rings. The Morgan fingerprint density at radius 2 is 0.541 bits per heavy atom. The van der Waals surface area contributed by atoms with E-state index in [4.69, 9.17) is 0 Å². The summed E-state index contributed by atoms with van der Waals surface area (Å²) in [6.07, 6.45) is 0. The Hall–Kier alpha value is -9.00. The summed E-state index contributed by atoms with van der Waals surface area (Å²) >= 11 is 0. The normalized spacial score (nSPS) is 11.5. The molecule has 0 spiro atoms. The van der Waals surface area contributed by atoms with Gasteiger partial charge in [0, 0.05) is 33.5 Å². The van der Waals surface area contributed by atoms with E-state index >= 15 is 17.6 Å². The topological polar surface area (TPSA) is 6.48 Å². The number of aryl methyl sites for hydroxylation is 4. The Labute approximate surface area is 428 Å². The summed E-state index contributed by atoms with van der Waals surface area (Å²) in [5.41, 5.74) is 15.7. The van der Waals surface area contributed by atoms with Gasteiger partial charge < -0.3 is 9.80 Å². The van der Waals surface area contributed by atoms with Gasteiger partial charge in [-0.2, -0.15) is 0 Å². The Kier molecular flexibility index (Phi) is 11.6. The molecule has 0 aliphatic heterocycles. The van der Waals surface area contributed by atoms with Gasteiger partial charge in [-0.05, 0) is 237 Å². The van der Waals surface area contributed by atoms with Gasteiger partial charge in [0.1, 0.15) is 23.3 Å². The number of hydrogen-bond acceptors (Lipinski definition) is 2. The monoisotopic (exact) mass is 968 g/mol. The predicted molar refractivity (Wildman–Crippen MR) is 300 cm³/mol. The van der Waals surface area contributed by atoms with Crippen LogP contribution in [-0.4, -0.2) is 0 Å². The van der Waals surface area contributed by atoms with Crippen molar-refractivity contribution in [2.24, 2.45) is 0 Å². The molecule has 0 unspecified atom stereocenters. The predicted octanol–water partition coefficient (Wildman–Crippen LogP) is 20.0. The third-order valence-corrected chi connectivity index (χ3v) is 14.0. The maximum atomic E-state index is 15.0. The lowest BCUT2D eigenvalue weighted by molar-refractivity contribution is 0.628. The lowest BCUT2D eigenvalue weighted by atomic mass is 9.91. The maximum absolute atomic E-state index is 15.0. The number of benzene rings is 12. The van der Waals surface area contributed by atoms with Crippen LogP contribution in [0, 0.1) is 51.0 Å². The first-order valence-corrected chi connectivity index (χ1v) is 24.7. The molecule has 0 aliphatic rings. The van der Waals surface area contributed by atoms with Crippen LogP contribution in [0.15, 0.2) is 218 Å². The van der Waals surface area contributed by atoms with Crippen molar-refractivity contribution in [1.29, 1.82) is 0 Å². The molecule has 0 aromatic heterocycles. The average Bonchev–Trinajstić information content (AvgIpc) is 3.41. The second kappa shape index (κ2) is 18.6. The fourth-order valence-corrected chi connectivity index (χ4v) is 11.0. The molecule has 12 aromatic rings. The molecule has 12 aromatic carbocycles. The van der Waals surface area contributed by atoms with Crippen molar-refractivity contribution in [3.8, 4) is 44.5 Å². The van der Waals surface area contributed by atoms with Gasteiger partial charge in [-0.25, -0.2) is 17.6 Å². The number of halogens is 4. The zero-order valence-electron chi connectivity index (χ0n) is 41.2. The van der Waals surface area contributed by atoms with Gasteiger partial charge >= 0.3 is 0 Å². The van der Waals surface area contributed by atoms with E-state index in [0.717, 1.165) is 111 Å². The first kappa shape index (κ1) is 46.1. The molecule has 12 rings (SSSR count). The molecular weight excluding hydrogens is 921 g/mol. The minimum absolute atomic E-state index is 0.347. The van der Waals surface area contributed by atoms with Crippen molar-refractivity contribution in [2.45, 2.75) is 27.7 Å². The van der Waals surface area contributed by atoms with Crippen LogP contribution in [0.25, 0.3) is 76.8 Å². The zero-order chi connectivity index (χ0) is 50.8. The molecule has 0 heterocycles. The van der Waals surface area contributed by atoms with E-state index in [-0.39, 0.29) is 23.3 Å². The van der Waals surface area contributed by atoms with Crippen molar-refractivity contribution in [3.05, 3.63) is 264 Å². The molecule has 0 radical (unpaired) electrons. The molecule has 0 saturated carbocycles. The van der Waals surface area contributed by atoms with Crippen LogP contribution >= 0.6 is 0 Å². The molecule has 6 heteroatoms. The Morgan fingerprint density at radius 3 is 0.838 bits per heavy atom. The second-order valence-electron chi connectivity index (χ2n) is 19.5. The standard InChI is InChI=1S/C68H48F4N2/c1-41-25-42(2)28-59(27-41)73(61-37-51(47-9-5-13-55(69)33-47)31-52(38-61)48-10-6-14-56(70)34-48)65-23-19-45-18-22-64-66(24-20-46-17-21-63(65)67(45)68(46)64)74(60-29-43(3)26-44(4)30-60)62-39-53(49-11-7-15-57(71)35-49)32-54(40-62)50-12-8-16-58(72)36-50/h5-40H,1-4H3. The van der Waals surface area contributed by atoms with Crippen molar-refractivity contribution in [2.75, 3.05) is 9.80 Å². The molecule has 0 atom stereocenters. The van der Waals surface area contributed by atoms with Gasteiger partial charge in [-0.15, -0.1) is 0 Å². The van der Waals surface area contributed by atoms with Gasteiger partial charge in [0.2, 0.25) is 0 Å². The van der Waals surface area contributed by atoms with Crippen LogP contribution in [0.1, 0.15) is 22.3 Å². The Bertz CT molecular complexity index is 3720. The van der Waals surface area contributed by atoms with Crippen molar-refractivity contribution in [3.63, 3.8) is 0 Å². The Morgan fingerprint density at radius 1 is 0.257 bits per heavy atom. The van der Waals surface area contributed by atoms with Crippen molar-refractivity contribution < 1.29 is 17.6 Å². The molecule has 74 heavy (non-hydrogen) atoms. The zero-order valence-corrected chi connectivity index (χ0v) is 41.2. The molecule has 2 nitrogen and oxygen atoms in total. The molecule has 0 aliphatic carbocycles. The smallest absolute Gasteiger partial charge is 0.123 e. The largest absolute Gasteiger partial charge is 0.310 e. The highest BCUT2D eigenvalue weighted by atomic mass is 19.1. The van der Waals surface area contributed by atoms with E-state index in [1.165, 1.54) is 48.5 Å². The number of nitrogens with zero attached hydrogens (tertiary/aromatic N) is 2. The summed E-state index contributed by atoms with van der Waals surface area (Å²) < 4.78 is 60.0. The molecule has 0 amide bonds. The first-order chi connectivity index (χ1) is 35.9. The van der Waals surface area contributed by atoms with Crippen LogP contribution in [0.4, 0.5) is 51.7 Å². The van der Waals surface area contributed by atoms with Crippen LogP contribution < -0.4 is 9.80 Å². The number of anilines is 6. The highest BCUT2D eigenvalue weighted by Crippen LogP contribution is 2.50. The van der Waals surface area contributed by atoms with Crippen molar-refractivity contribution in [1.82, 2.24) is 0 Å². The highest BCUT2D eigenvalue weighted by Gasteiger charge is 2.24. The van der Waals surface area contributed by atoms with E-state index < -0.39 is 0 Å². The van der Waals surface area contributed by atoms with Gasteiger partial charge in [0.25, 0.3) is 0 Å². The first-order valence-electron chi connectivity index (χ1n) is 24.7. The molecule has 0 bridgehead atoms. The highest BCUT2D eigenvalue weighted by molar-refractivity contribution is 6.28. The molecule has 0 saturated heterocycles. The summed E-state index contributed by atoms with van der Waals surface area (Å²) in [5, 5.41) is 6.31. The van der Waals surface area contributed by atoms with Gasteiger partial charge in [-0.3, -0.25) is 0 Å². The summed E-state index contributed by atoms with van der Waals surface area (Å²) in [5.74, 6) is -1.39. The molecule has 358 valence electrons. The maximum Gasteiger partial charge on any atom is 0.123 e. The molecular formula is C68H48F4N2. The summed E-state index contributed by atoms with van der Waals surface area (Å²) in [6, 6.07) is 69.2. The van der Waals surface area contributed by atoms with Crippen LogP contribution in [0.3, 0.4) is 0 Å². The quantitative estimate of drug-likeness (QED) is 0.0995. The minimum Gasteiger partial charge on any atom is -0.310 e. The SMILES string of the molecule is Cc1cc(C)cc(N(c2cc(-c3cccc(F)c3)cc(-c3cccc(F)c3)c2)c2ccc3ccc4c(N(c5cc(C)cc(C)c5)c5cc(-c6cccc(F)c6)cc(-c6cccc(F)c6)c5)ccc5ccc2c3c54)c1. The van der Waals surface area contributed by atoms with Gasteiger partial charge in [-0.1, -0.05) is 97.1 Å². The van der Waals surface area contributed by atoms with Gasteiger partial charge in [0.15, 0.2) is 0 Å². The van der Waals surface area contributed by atoms with E-state index in [1.807, 2.05) is 36.4 Å². The summed E-state index contributed by atoms with van der Waals surface area (Å²) in [6.45, 7) is 8.38. The van der Waals surface area contributed by atoms with E-state index in [1.54, 1.807) is 24.3 Å². The number of hydrogen-bond donors (Lipinski definition) is 0. The van der Waals surface area contributed by atoms with Crippen molar-refractivity contribution >= 4 is 66.4 Å². The van der Waals surface area contributed by atoms with E-state index in [2.05, 4.69) is 147 Å². The van der Waals surface area contributed by atoms with Gasteiger partial charge in [0.05, 0.1) is 11.4 Å². The second-order valence-corrected chi connectivity index (χ2v) is 19.5. The summed E-state index contributed by atoms with van der Waals surface area (Å²) in [4.78, 5) is 4.54. The Balaban J connectivity index is 1.12. The average molecular weight is 969 g/mol. The third-order valence-electron chi connectivity index (χ3n) is 14.0. The van der Waals surface area contributed by atoms with Crippen LogP contribution in [0.5, 0.6) is 0 Å². The van der Waals surface area contributed by atoms with Crippen LogP contribution in [0.2, 0.25) is 0 Å². The lowest BCUT2D eigenvalue weighted by Gasteiger charge is -2.31. The summed E-state index contributed by atoms with van der Waals surface area (Å²) in [7, 11) is 0. The fraction of sp³-hybridized carbons (Fsp3) is 0.0588. The van der Waals surface area contributed by atoms with Crippen LogP contribution in [-0.2, 0) is 0 Å². The van der Waals surface area contributed by atoms with E-state index in [9.17, 15) is 0 Å². The minimum atomic E-state index is -0.347.